The number of rotatable bonds is 6. The number of benzene rings is 1. The van der Waals surface area contributed by atoms with E-state index in [0.29, 0.717) is 6.61 Å². The molecule has 1 rings (SSSR count). The first kappa shape index (κ1) is 13.5. The Labute approximate surface area is 105 Å². The highest BCUT2D eigenvalue weighted by atomic mass is 79.9. The number of likely N-dealkylation sites (N-methyl/N-ethyl adjacent to an activating group) is 1. The van der Waals surface area contributed by atoms with E-state index in [2.05, 4.69) is 27.3 Å². The van der Waals surface area contributed by atoms with Gasteiger partial charge in [0.25, 0.3) is 0 Å². The quantitative estimate of drug-likeness (QED) is 0.873. The molecule has 1 unspecified atom stereocenters. The Bertz CT molecular complexity index is 331. The van der Waals surface area contributed by atoms with Gasteiger partial charge in [-0.2, -0.15) is 0 Å². The summed E-state index contributed by atoms with van der Waals surface area (Å²) < 4.78 is 11.6. The van der Waals surface area contributed by atoms with Crippen molar-refractivity contribution in [3.05, 3.63) is 28.2 Å². The third kappa shape index (κ3) is 3.47. The predicted molar refractivity (Wildman–Crippen MR) is 69.0 cm³/mol. The number of nitrogens with one attached hydrogen (secondary N) is 1. The lowest BCUT2D eigenvalue weighted by atomic mass is 10.1. The summed E-state index contributed by atoms with van der Waals surface area (Å²) in [5.41, 5.74) is 1.18. The average molecular weight is 288 g/mol. The minimum Gasteiger partial charge on any atom is -0.496 e. The summed E-state index contributed by atoms with van der Waals surface area (Å²) in [7, 11) is 3.59. The van der Waals surface area contributed by atoms with Gasteiger partial charge in [0, 0.05) is 6.61 Å². The molecule has 0 amide bonds. The fourth-order valence-corrected chi connectivity index (χ4v) is 2.04. The van der Waals surface area contributed by atoms with Crippen molar-refractivity contribution in [2.75, 3.05) is 27.4 Å². The Morgan fingerprint density at radius 1 is 1.44 bits per heavy atom. The Hall–Kier alpha value is -0.580. The monoisotopic (exact) mass is 287 g/mol. The van der Waals surface area contributed by atoms with E-state index < -0.39 is 0 Å². The lowest BCUT2D eigenvalue weighted by Gasteiger charge is -2.17. The molecule has 0 aliphatic heterocycles. The van der Waals surface area contributed by atoms with Gasteiger partial charge in [0.05, 0.1) is 24.2 Å². The van der Waals surface area contributed by atoms with Gasteiger partial charge in [-0.3, -0.25) is 0 Å². The molecular weight excluding hydrogens is 270 g/mol. The van der Waals surface area contributed by atoms with Crippen molar-refractivity contribution in [1.29, 1.82) is 0 Å². The first-order chi connectivity index (χ1) is 7.72. The first-order valence-corrected chi connectivity index (χ1v) is 6.10. The minimum absolute atomic E-state index is 0.210. The van der Waals surface area contributed by atoms with Crippen LogP contribution in [0.5, 0.6) is 5.75 Å². The van der Waals surface area contributed by atoms with Crippen molar-refractivity contribution < 1.29 is 9.47 Å². The van der Waals surface area contributed by atoms with Crippen LogP contribution in [0, 0.1) is 0 Å². The molecule has 3 nitrogen and oxygen atoms in total. The van der Waals surface area contributed by atoms with Crippen LogP contribution in [0.1, 0.15) is 18.5 Å². The third-order valence-corrected chi connectivity index (χ3v) is 3.04. The molecule has 1 aromatic carbocycles. The summed E-state index contributed by atoms with van der Waals surface area (Å²) in [6.07, 6.45) is 0. The molecule has 1 aromatic rings. The van der Waals surface area contributed by atoms with Crippen LogP contribution in [-0.2, 0) is 4.74 Å². The first-order valence-electron chi connectivity index (χ1n) is 5.31. The zero-order chi connectivity index (χ0) is 12.0. The number of methoxy groups -OCH3 is 1. The molecule has 16 heavy (non-hydrogen) atoms. The molecular formula is C12H18BrNO2. The molecule has 1 N–H and O–H groups in total. The summed E-state index contributed by atoms with van der Waals surface area (Å²) in [5.74, 6) is 0.843. The van der Waals surface area contributed by atoms with E-state index in [-0.39, 0.29) is 6.04 Å². The van der Waals surface area contributed by atoms with Crippen LogP contribution in [0.2, 0.25) is 0 Å². The highest BCUT2D eigenvalue weighted by molar-refractivity contribution is 9.10. The van der Waals surface area contributed by atoms with Crippen molar-refractivity contribution in [1.82, 2.24) is 5.32 Å². The van der Waals surface area contributed by atoms with Gasteiger partial charge >= 0.3 is 0 Å². The maximum Gasteiger partial charge on any atom is 0.133 e. The van der Waals surface area contributed by atoms with Gasteiger partial charge in [0.15, 0.2) is 0 Å². The summed E-state index contributed by atoms with van der Waals surface area (Å²) >= 11 is 3.48. The van der Waals surface area contributed by atoms with Crippen LogP contribution in [0.25, 0.3) is 0 Å². The zero-order valence-electron chi connectivity index (χ0n) is 9.92. The topological polar surface area (TPSA) is 30.5 Å². The van der Waals surface area contributed by atoms with E-state index >= 15 is 0 Å². The summed E-state index contributed by atoms with van der Waals surface area (Å²) in [6.45, 7) is 3.40. The van der Waals surface area contributed by atoms with Gasteiger partial charge in [0.2, 0.25) is 0 Å². The number of hydrogen-bond donors (Lipinski definition) is 1. The van der Waals surface area contributed by atoms with Crippen molar-refractivity contribution >= 4 is 15.9 Å². The van der Waals surface area contributed by atoms with Gasteiger partial charge in [0.1, 0.15) is 5.75 Å². The molecule has 1 atom stereocenters. The third-order valence-electron chi connectivity index (χ3n) is 2.42. The summed E-state index contributed by atoms with van der Waals surface area (Å²) in [6, 6.07) is 6.26. The van der Waals surface area contributed by atoms with Crippen LogP contribution in [0.15, 0.2) is 22.7 Å². The molecule has 0 spiro atoms. The SMILES string of the molecule is CCOCC(NC)c1ccc(OC)c(Br)c1. The normalized spacial score (nSPS) is 12.5. The minimum atomic E-state index is 0.210. The van der Waals surface area contributed by atoms with E-state index in [4.69, 9.17) is 9.47 Å². The fourth-order valence-electron chi connectivity index (χ4n) is 1.48. The lowest BCUT2D eigenvalue weighted by Crippen LogP contribution is -2.21. The molecule has 0 fully saturated rings. The molecule has 0 heterocycles. The molecule has 0 bridgehead atoms. The lowest BCUT2D eigenvalue weighted by molar-refractivity contribution is 0.125. The van der Waals surface area contributed by atoms with Gasteiger partial charge in [-0.25, -0.2) is 0 Å². The summed E-state index contributed by atoms with van der Waals surface area (Å²) in [4.78, 5) is 0. The van der Waals surface area contributed by atoms with Crippen LogP contribution in [0.4, 0.5) is 0 Å². The number of hydrogen-bond acceptors (Lipinski definition) is 3. The van der Waals surface area contributed by atoms with Gasteiger partial charge < -0.3 is 14.8 Å². The van der Waals surface area contributed by atoms with Gasteiger partial charge in [-0.05, 0) is 47.6 Å². The zero-order valence-corrected chi connectivity index (χ0v) is 11.5. The van der Waals surface area contributed by atoms with Crippen LogP contribution in [0.3, 0.4) is 0 Å². The maximum absolute atomic E-state index is 5.43. The smallest absolute Gasteiger partial charge is 0.133 e. The second-order valence-corrected chi connectivity index (χ2v) is 4.25. The van der Waals surface area contributed by atoms with Crippen LogP contribution >= 0.6 is 15.9 Å². The number of halogens is 1. The highest BCUT2D eigenvalue weighted by Crippen LogP contribution is 2.28. The van der Waals surface area contributed by atoms with Gasteiger partial charge in [-0.1, -0.05) is 6.07 Å². The van der Waals surface area contributed by atoms with Crippen molar-refractivity contribution in [3.8, 4) is 5.75 Å². The highest BCUT2D eigenvalue weighted by Gasteiger charge is 2.11. The van der Waals surface area contributed by atoms with E-state index in [1.807, 2.05) is 26.1 Å². The second kappa shape index (κ2) is 6.89. The van der Waals surface area contributed by atoms with E-state index in [1.165, 1.54) is 5.56 Å². The standard InChI is InChI=1S/C12H18BrNO2/c1-4-16-8-11(14-2)9-5-6-12(15-3)10(13)7-9/h5-7,11,14H,4,8H2,1-3H3. The molecule has 0 aliphatic rings. The molecule has 0 saturated heterocycles. The Morgan fingerprint density at radius 2 is 2.19 bits per heavy atom. The van der Waals surface area contributed by atoms with E-state index in [9.17, 15) is 0 Å². The Kier molecular flexibility index (Phi) is 5.80. The molecule has 4 heteroatoms. The number of ether oxygens (including phenoxy) is 2. The molecule has 0 aromatic heterocycles. The molecule has 90 valence electrons. The Morgan fingerprint density at radius 3 is 2.69 bits per heavy atom. The molecule has 0 aliphatic carbocycles. The molecule has 0 radical (unpaired) electrons. The average Bonchev–Trinajstić information content (AvgIpc) is 2.30. The van der Waals surface area contributed by atoms with Crippen LogP contribution in [-0.4, -0.2) is 27.4 Å². The Balaban J connectivity index is 2.80. The van der Waals surface area contributed by atoms with E-state index in [0.717, 1.165) is 16.8 Å². The molecule has 0 saturated carbocycles. The second-order valence-electron chi connectivity index (χ2n) is 3.39. The van der Waals surface area contributed by atoms with Crippen molar-refractivity contribution in [2.24, 2.45) is 0 Å². The van der Waals surface area contributed by atoms with Crippen molar-refractivity contribution in [3.63, 3.8) is 0 Å². The predicted octanol–water partition coefficient (Wildman–Crippen LogP) is 2.75. The van der Waals surface area contributed by atoms with E-state index in [1.54, 1.807) is 7.11 Å². The van der Waals surface area contributed by atoms with Crippen LogP contribution < -0.4 is 10.1 Å². The van der Waals surface area contributed by atoms with Crippen molar-refractivity contribution in [2.45, 2.75) is 13.0 Å². The van der Waals surface area contributed by atoms with Gasteiger partial charge in [-0.15, -0.1) is 0 Å². The maximum atomic E-state index is 5.43. The summed E-state index contributed by atoms with van der Waals surface area (Å²) in [5, 5.41) is 3.23. The largest absolute Gasteiger partial charge is 0.496 e. The fraction of sp³-hybridized carbons (Fsp3) is 0.500.